The van der Waals surface area contributed by atoms with Gasteiger partial charge in [-0.15, -0.1) is 0 Å². The van der Waals surface area contributed by atoms with Gasteiger partial charge in [0.15, 0.2) is 11.6 Å². The predicted molar refractivity (Wildman–Crippen MR) is 72.1 cm³/mol. The Labute approximate surface area is 113 Å². The SMILES string of the molecule is COc1cc(Nc2cc(Cl)ccc2F)c(N)cc1F. The first-order valence-corrected chi connectivity index (χ1v) is 5.74. The summed E-state index contributed by atoms with van der Waals surface area (Å²) >= 11 is 5.78. The number of hydrogen-bond donors (Lipinski definition) is 2. The molecule has 0 aromatic heterocycles. The first-order chi connectivity index (χ1) is 9.01. The van der Waals surface area contributed by atoms with E-state index in [0.29, 0.717) is 10.7 Å². The van der Waals surface area contributed by atoms with Crippen LogP contribution < -0.4 is 15.8 Å². The fourth-order valence-corrected chi connectivity index (χ4v) is 1.74. The number of methoxy groups -OCH3 is 1. The lowest BCUT2D eigenvalue weighted by Gasteiger charge is -2.12. The average molecular weight is 285 g/mol. The minimum absolute atomic E-state index is 0.0131. The van der Waals surface area contributed by atoms with Crippen LogP contribution in [-0.2, 0) is 0 Å². The number of benzene rings is 2. The Morgan fingerprint density at radius 2 is 1.84 bits per heavy atom. The van der Waals surface area contributed by atoms with Crippen molar-refractivity contribution in [1.82, 2.24) is 0 Å². The number of hydrogen-bond acceptors (Lipinski definition) is 3. The molecule has 0 bridgehead atoms. The van der Waals surface area contributed by atoms with Crippen LogP contribution in [-0.4, -0.2) is 7.11 Å². The number of nitrogen functional groups attached to an aromatic ring is 1. The van der Waals surface area contributed by atoms with Crippen molar-refractivity contribution in [3.05, 3.63) is 47.0 Å². The van der Waals surface area contributed by atoms with Crippen LogP contribution in [0.4, 0.5) is 25.8 Å². The van der Waals surface area contributed by atoms with Gasteiger partial charge in [0.1, 0.15) is 5.82 Å². The van der Waals surface area contributed by atoms with E-state index in [2.05, 4.69) is 5.32 Å². The number of rotatable bonds is 3. The van der Waals surface area contributed by atoms with Crippen molar-refractivity contribution >= 4 is 28.7 Å². The van der Waals surface area contributed by atoms with Gasteiger partial charge in [0, 0.05) is 17.2 Å². The van der Waals surface area contributed by atoms with Crippen molar-refractivity contribution in [2.24, 2.45) is 0 Å². The van der Waals surface area contributed by atoms with Gasteiger partial charge in [0.2, 0.25) is 0 Å². The number of nitrogens with two attached hydrogens (primary N) is 1. The third-order valence-corrected chi connectivity index (χ3v) is 2.76. The van der Waals surface area contributed by atoms with Crippen LogP contribution in [0.1, 0.15) is 0 Å². The van der Waals surface area contributed by atoms with Gasteiger partial charge < -0.3 is 15.8 Å². The third kappa shape index (κ3) is 2.88. The highest BCUT2D eigenvalue weighted by Gasteiger charge is 2.10. The highest BCUT2D eigenvalue weighted by atomic mass is 35.5. The minimum atomic E-state index is -0.586. The lowest BCUT2D eigenvalue weighted by molar-refractivity contribution is 0.387. The molecular formula is C13H11ClF2N2O. The molecule has 6 heteroatoms. The van der Waals surface area contributed by atoms with Crippen molar-refractivity contribution in [2.45, 2.75) is 0 Å². The van der Waals surface area contributed by atoms with Gasteiger partial charge in [0.05, 0.1) is 24.2 Å². The van der Waals surface area contributed by atoms with Gasteiger partial charge in [-0.1, -0.05) is 11.6 Å². The Bertz CT molecular complexity index is 620. The van der Waals surface area contributed by atoms with E-state index in [9.17, 15) is 8.78 Å². The standard InChI is InChI=1S/C13H11ClF2N2O/c1-19-13-6-12(10(17)5-9(13)16)18-11-4-7(14)2-3-8(11)15/h2-6,18H,17H2,1H3. The quantitative estimate of drug-likeness (QED) is 0.839. The number of ether oxygens (including phenoxy) is 1. The van der Waals surface area contributed by atoms with E-state index in [1.54, 1.807) is 0 Å². The number of halogens is 3. The van der Waals surface area contributed by atoms with Crippen LogP contribution in [0.5, 0.6) is 5.75 Å². The summed E-state index contributed by atoms with van der Waals surface area (Å²) in [7, 11) is 1.33. The molecule has 3 N–H and O–H groups in total. The fourth-order valence-electron chi connectivity index (χ4n) is 1.57. The van der Waals surface area contributed by atoms with Crippen LogP contribution in [0, 0.1) is 11.6 Å². The molecule has 100 valence electrons. The summed E-state index contributed by atoms with van der Waals surface area (Å²) in [5, 5.41) is 3.12. The van der Waals surface area contributed by atoms with Gasteiger partial charge in [-0.3, -0.25) is 0 Å². The normalized spacial score (nSPS) is 10.3. The molecule has 0 amide bonds. The van der Waals surface area contributed by atoms with Crippen LogP contribution in [0.2, 0.25) is 5.02 Å². The Balaban J connectivity index is 2.40. The van der Waals surface area contributed by atoms with Gasteiger partial charge in [0.25, 0.3) is 0 Å². The monoisotopic (exact) mass is 284 g/mol. The lowest BCUT2D eigenvalue weighted by atomic mass is 10.2. The molecule has 2 aromatic carbocycles. The smallest absolute Gasteiger partial charge is 0.167 e. The van der Waals surface area contributed by atoms with Crippen LogP contribution in [0.25, 0.3) is 0 Å². The Kier molecular flexibility index (Phi) is 3.76. The Morgan fingerprint density at radius 3 is 2.53 bits per heavy atom. The van der Waals surface area contributed by atoms with Gasteiger partial charge >= 0.3 is 0 Å². The molecule has 0 unspecified atom stereocenters. The fraction of sp³-hybridized carbons (Fsp3) is 0.0769. The van der Waals surface area contributed by atoms with Crippen molar-refractivity contribution < 1.29 is 13.5 Å². The second-order valence-corrected chi connectivity index (χ2v) is 4.26. The molecular weight excluding hydrogens is 274 g/mol. The number of anilines is 3. The number of nitrogens with one attached hydrogen (secondary N) is 1. The average Bonchev–Trinajstić information content (AvgIpc) is 2.37. The van der Waals surface area contributed by atoms with Crippen molar-refractivity contribution in [2.75, 3.05) is 18.2 Å². The molecule has 2 aromatic rings. The van der Waals surface area contributed by atoms with Gasteiger partial charge in [-0.05, 0) is 18.2 Å². The minimum Gasteiger partial charge on any atom is -0.494 e. The molecule has 0 saturated carbocycles. The summed E-state index contributed by atoms with van der Waals surface area (Å²) in [6, 6.07) is 6.51. The second-order valence-electron chi connectivity index (χ2n) is 3.82. The maximum atomic E-state index is 13.6. The molecule has 0 atom stereocenters. The van der Waals surface area contributed by atoms with Crippen molar-refractivity contribution in [1.29, 1.82) is 0 Å². The lowest BCUT2D eigenvalue weighted by Crippen LogP contribution is -2.00. The molecule has 0 spiro atoms. The molecule has 0 aliphatic rings. The van der Waals surface area contributed by atoms with E-state index in [1.165, 1.54) is 31.4 Å². The summed E-state index contributed by atoms with van der Waals surface area (Å²) < 4.78 is 31.8. The zero-order valence-electron chi connectivity index (χ0n) is 10.0. The molecule has 0 saturated heterocycles. The molecule has 0 fully saturated rings. The largest absolute Gasteiger partial charge is 0.494 e. The molecule has 0 aliphatic carbocycles. The highest BCUT2D eigenvalue weighted by molar-refractivity contribution is 6.30. The van der Waals surface area contributed by atoms with Crippen molar-refractivity contribution in [3.63, 3.8) is 0 Å². The maximum Gasteiger partial charge on any atom is 0.167 e. The van der Waals surface area contributed by atoms with E-state index in [4.69, 9.17) is 22.1 Å². The summed E-state index contributed by atoms with van der Waals surface area (Å²) in [4.78, 5) is 0. The molecule has 2 rings (SSSR count). The maximum absolute atomic E-state index is 13.6. The van der Waals surface area contributed by atoms with E-state index in [1.807, 2.05) is 0 Å². The Hall–Kier alpha value is -2.01. The molecule has 0 heterocycles. The molecule has 19 heavy (non-hydrogen) atoms. The summed E-state index contributed by atoms with van der Waals surface area (Å²) in [6.07, 6.45) is 0. The first-order valence-electron chi connectivity index (χ1n) is 5.36. The van der Waals surface area contributed by atoms with Crippen molar-refractivity contribution in [3.8, 4) is 5.75 Å². The third-order valence-electron chi connectivity index (χ3n) is 2.52. The predicted octanol–water partition coefficient (Wildman–Crippen LogP) is 3.95. The van der Waals surface area contributed by atoms with E-state index < -0.39 is 11.6 Å². The zero-order valence-corrected chi connectivity index (χ0v) is 10.8. The summed E-state index contributed by atoms with van der Waals surface area (Å²) in [5.41, 5.74) is 6.28. The molecule has 0 radical (unpaired) electrons. The first kappa shape index (κ1) is 13.4. The summed E-state index contributed by atoms with van der Waals surface area (Å²) in [6.45, 7) is 0. The molecule has 0 aliphatic heterocycles. The molecule has 3 nitrogen and oxygen atoms in total. The van der Waals surface area contributed by atoms with Gasteiger partial charge in [-0.25, -0.2) is 8.78 Å². The van der Waals surface area contributed by atoms with Crippen LogP contribution in [0.15, 0.2) is 30.3 Å². The summed E-state index contributed by atoms with van der Waals surface area (Å²) in [5.74, 6) is -1.07. The van der Waals surface area contributed by atoms with Crippen LogP contribution in [0.3, 0.4) is 0 Å². The van der Waals surface area contributed by atoms with Gasteiger partial charge in [-0.2, -0.15) is 0 Å². The van der Waals surface area contributed by atoms with E-state index in [0.717, 1.165) is 6.07 Å². The van der Waals surface area contributed by atoms with E-state index >= 15 is 0 Å². The second kappa shape index (κ2) is 5.32. The van der Waals surface area contributed by atoms with E-state index in [-0.39, 0.29) is 17.1 Å². The van der Waals surface area contributed by atoms with Crippen LogP contribution >= 0.6 is 11.6 Å². The topological polar surface area (TPSA) is 47.3 Å². The highest BCUT2D eigenvalue weighted by Crippen LogP contribution is 2.31. The Morgan fingerprint density at radius 1 is 1.11 bits per heavy atom. The zero-order chi connectivity index (χ0) is 14.0.